The van der Waals surface area contributed by atoms with Gasteiger partial charge in [0.05, 0.1) is 11.4 Å². The Morgan fingerprint density at radius 2 is 1.60 bits per heavy atom. The van der Waals surface area contributed by atoms with E-state index >= 15 is 0 Å². The summed E-state index contributed by atoms with van der Waals surface area (Å²) in [5.41, 5.74) is 0. The van der Waals surface area contributed by atoms with Crippen LogP contribution in [0.15, 0.2) is 30.3 Å². The smallest absolute Gasteiger partial charge is 0.264 e. The molecular formula is C23H30N4O2S. The summed E-state index contributed by atoms with van der Waals surface area (Å²) in [6.07, 6.45) is 4.03. The van der Waals surface area contributed by atoms with Crippen LogP contribution < -0.4 is 0 Å². The quantitative estimate of drug-likeness (QED) is 0.753. The minimum absolute atomic E-state index is 0.120. The third-order valence-electron chi connectivity index (χ3n) is 6.91. The summed E-state index contributed by atoms with van der Waals surface area (Å²) in [5, 5.41) is 1.13. The van der Waals surface area contributed by atoms with E-state index in [1.807, 2.05) is 28.0 Å². The molecule has 3 heterocycles. The maximum atomic E-state index is 12.9. The van der Waals surface area contributed by atoms with E-state index in [2.05, 4.69) is 21.9 Å². The van der Waals surface area contributed by atoms with E-state index in [0.717, 1.165) is 60.3 Å². The lowest BCUT2D eigenvalue weighted by molar-refractivity contribution is -0.135. The van der Waals surface area contributed by atoms with Crippen LogP contribution in [0.1, 0.15) is 28.9 Å². The lowest BCUT2D eigenvalue weighted by atomic mass is 9.91. The third-order valence-corrected chi connectivity index (χ3v) is 8.02. The summed E-state index contributed by atoms with van der Waals surface area (Å²) in [5.74, 6) is 0.363. The highest BCUT2D eigenvalue weighted by molar-refractivity contribution is 7.20. The van der Waals surface area contributed by atoms with E-state index in [-0.39, 0.29) is 11.8 Å². The molecule has 6 nitrogen and oxygen atoms in total. The predicted octanol–water partition coefficient (Wildman–Crippen LogP) is 2.36. The lowest BCUT2D eigenvalue weighted by Crippen LogP contribution is -2.56. The molecule has 0 unspecified atom stereocenters. The van der Waals surface area contributed by atoms with Gasteiger partial charge in [0.15, 0.2) is 0 Å². The lowest BCUT2D eigenvalue weighted by Gasteiger charge is -2.43. The largest absolute Gasteiger partial charge is 0.339 e. The number of benzene rings is 1. The standard InChI is InChI=1S/C23H30N4O2S/c28-22(26-14-12-25(13-15-26)19-5-3-6-19)17-24-8-10-27(11-9-24)23(29)21-16-18-4-1-2-7-20(18)30-21/h1-2,4,7,16,19H,3,5-6,8-15,17H2. The molecule has 2 amide bonds. The van der Waals surface area contributed by atoms with Crippen molar-refractivity contribution in [3.8, 4) is 0 Å². The zero-order valence-corrected chi connectivity index (χ0v) is 18.3. The summed E-state index contributed by atoms with van der Waals surface area (Å²) in [4.78, 5) is 35.2. The molecule has 5 rings (SSSR count). The second kappa shape index (κ2) is 8.65. The monoisotopic (exact) mass is 426 g/mol. The van der Waals surface area contributed by atoms with Gasteiger partial charge in [0.1, 0.15) is 0 Å². The topological polar surface area (TPSA) is 47.1 Å². The Labute approximate surface area is 182 Å². The molecular weight excluding hydrogens is 396 g/mol. The van der Waals surface area contributed by atoms with E-state index in [9.17, 15) is 9.59 Å². The molecule has 2 aliphatic heterocycles. The third kappa shape index (κ3) is 4.11. The number of nitrogens with zero attached hydrogens (tertiary/aromatic N) is 4. The molecule has 1 saturated carbocycles. The number of piperazine rings is 2. The zero-order valence-electron chi connectivity index (χ0n) is 17.5. The molecule has 1 aliphatic carbocycles. The number of fused-ring (bicyclic) bond motifs is 1. The van der Waals surface area contributed by atoms with Crippen LogP contribution in [0.3, 0.4) is 0 Å². The molecule has 0 radical (unpaired) electrons. The van der Waals surface area contributed by atoms with Crippen LogP contribution in [0.5, 0.6) is 0 Å². The van der Waals surface area contributed by atoms with Gasteiger partial charge < -0.3 is 9.80 Å². The van der Waals surface area contributed by atoms with Gasteiger partial charge in [0.2, 0.25) is 5.91 Å². The van der Waals surface area contributed by atoms with Gasteiger partial charge in [-0.05, 0) is 30.4 Å². The number of hydrogen-bond acceptors (Lipinski definition) is 5. The molecule has 1 aromatic heterocycles. The van der Waals surface area contributed by atoms with E-state index < -0.39 is 0 Å². The first-order valence-electron chi connectivity index (χ1n) is 11.2. The first kappa shape index (κ1) is 20.0. The molecule has 0 atom stereocenters. The Bertz CT molecular complexity index is 876. The minimum Gasteiger partial charge on any atom is -0.339 e. The van der Waals surface area contributed by atoms with Crippen molar-refractivity contribution in [2.24, 2.45) is 0 Å². The van der Waals surface area contributed by atoms with E-state index in [0.29, 0.717) is 19.6 Å². The highest BCUT2D eigenvalue weighted by Crippen LogP contribution is 2.27. The first-order valence-corrected chi connectivity index (χ1v) is 12.0. The van der Waals surface area contributed by atoms with Crippen molar-refractivity contribution >= 4 is 33.2 Å². The van der Waals surface area contributed by atoms with Gasteiger partial charge in [-0.15, -0.1) is 11.3 Å². The normalized spacial score (nSPS) is 21.7. The highest BCUT2D eigenvalue weighted by atomic mass is 32.1. The molecule has 1 aromatic carbocycles. The molecule has 0 bridgehead atoms. The van der Waals surface area contributed by atoms with Gasteiger partial charge >= 0.3 is 0 Å². The van der Waals surface area contributed by atoms with Gasteiger partial charge in [0, 0.05) is 63.1 Å². The Kier molecular flexibility index (Phi) is 5.76. The molecule has 0 spiro atoms. The van der Waals surface area contributed by atoms with Crippen molar-refractivity contribution < 1.29 is 9.59 Å². The molecule has 160 valence electrons. The molecule has 7 heteroatoms. The number of carbonyl (C=O) groups excluding carboxylic acids is 2. The average molecular weight is 427 g/mol. The maximum Gasteiger partial charge on any atom is 0.264 e. The molecule has 3 fully saturated rings. The van der Waals surface area contributed by atoms with Crippen molar-refractivity contribution in [3.63, 3.8) is 0 Å². The Morgan fingerprint density at radius 1 is 0.900 bits per heavy atom. The Hall–Kier alpha value is -1.96. The van der Waals surface area contributed by atoms with Gasteiger partial charge in [-0.25, -0.2) is 0 Å². The predicted molar refractivity (Wildman–Crippen MR) is 120 cm³/mol. The van der Waals surface area contributed by atoms with Crippen molar-refractivity contribution in [1.29, 1.82) is 0 Å². The molecule has 3 aliphatic rings. The van der Waals surface area contributed by atoms with Crippen molar-refractivity contribution in [3.05, 3.63) is 35.2 Å². The van der Waals surface area contributed by atoms with Crippen LogP contribution in [0.4, 0.5) is 0 Å². The van der Waals surface area contributed by atoms with E-state index in [1.165, 1.54) is 19.3 Å². The van der Waals surface area contributed by atoms with Crippen LogP contribution in [0.25, 0.3) is 10.1 Å². The van der Waals surface area contributed by atoms with Crippen LogP contribution in [-0.4, -0.2) is 96.4 Å². The van der Waals surface area contributed by atoms with Crippen LogP contribution >= 0.6 is 11.3 Å². The molecule has 30 heavy (non-hydrogen) atoms. The van der Waals surface area contributed by atoms with Crippen molar-refractivity contribution in [2.75, 3.05) is 58.9 Å². The number of thiophene rings is 1. The van der Waals surface area contributed by atoms with Crippen molar-refractivity contribution in [1.82, 2.24) is 19.6 Å². The summed E-state index contributed by atoms with van der Waals surface area (Å²) >= 11 is 1.57. The number of amides is 2. The molecule has 2 aromatic rings. The molecule has 2 saturated heterocycles. The highest BCUT2D eigenvalue weighted by Gasteiger charge is 2.30. The summed E-state index contributed by atoms with van der Waals surface area (Å²) < 4.78 is 1.16. The number of rotatable bonds is 4. The molecule has 0 N–H and O–H groups in total. The van der Waals surface area contributed by atoms with Crippen molar-refractivity contribution in [2.45, 2.75) is 25.3 Å². The average Bonchev–Trinajstić information content (AvgIpc) is 3.17. The first-order chi connectivity index (χ1) is 14.7. The fourth-order valence-corrected chi connectivity index (χ4v) is 5.76. The van der Waals surface area contributed by atoms with Gasteiger partial charge in [-0.2, -0.15) is 0 Å². The Morgan fingerprint density at radius 3 is 2.27 bits per heavy atom. The second-order valence-electron chi connectivity index (χ2n) is 8.72. The van der Waals surface area contributed by atoms with Crippen LogP contribution in [-0.2, 0) is 4.79 Å². The fourth-order valence-electron chi connectivity index (χ4n) is 4.73. The van der Waals surface area contributed by atoms with Gasteiger partial charge in [-0.1, -0.05) is 24.6 Å². The Balaban J connectivity index is 1.09. The summed E-state index contributed by atoms with van der Waals surface area (Å²) in [6.45, 7) is 7.16. The number of hydrogen-bond donors (Lipinski definition) is 0. The van der Waals surface area contributed by atoms with Crippen LogP contribution in [0, 0.1) is 0 Å². The number of carbonyl (C=O) groups is 2. The van der Waals surface area contributed by atoms with Crippen LogP contribution in [0.2, 0.25) is 0 Å². The SMILES string of the molecule is O=C(CN1CCN(C(=O)c2cc3ccccc3s2)CC1)N1CCN(C2CCC2)CC1. The zero-order chi connectivity index (χ0) is 20.5. The maximum absolute atomic E-state index is 12.9. The summed E-state index contributed by atoms with van der Waals surface area (Å²) in [7, 11) is 0. The fraction of sp³-hybridized carbons (Fsp3) is 0.565. The van der Waals surface area contributed by atoms with Gasteiger partial charge in [-0.3, -0.25) is 19.4 Å². The van der Waals surface area contributed by atoms with E-state index in [1.54, 1.807) is 11.3 Å². The summed E-state index contributed by atoms with van der Waals surface area (Å²) in [6, 6.07) is 10.9. The second-order valence-corrected chi connectivity index (χ2v) is 9.80. The van der Waals surface area contributed by atoms with E-state index in [4.69, 9.17) is 0 Å². The minimum atomic E-state index is 0.120. The van der Waals surface area contributed by atoms with Gasteiger partial charge in [0.25, 0.3) is 5.91 Å².